The van der Waals surface area contributed by atoms with Crippen LogP contribution in [0, 0.1) is 0 Å². The van der Waals surface area contributed by atoms with Gasteiger partial charge in [-0.3, -0.25) is 9.59 Å². The first-order chi connectivity index (χ1) is 11.5. The van der Waals surface area contributed by atoms with Crippen molar-refractivity contribution >= 4 is 17.4 Å². The van der Waals surface area contributed by atoms with Gasteiger partial charge in [-0.25, -0.2) is 0 Å². The highest BCUT2D eigenvalue weighted by Gasteiger charge is 2.18. The molecule has 0 aliphatic heterocycles. The summed E-state index contributed by atoms with van der Waals surface area (Å²) >= 11 is 0. The number of methoxy groups -OCH3 is 3. The highest BCUT2D eigenvalue weighted by molar-refractivity contribution is 6.07. The predicted octanol–water partition coefficient (Wildman–Crippen LogP) is 1.69. The molecule has 1 heterocycles. The number of ether oxygens (including phenoxy) is 3. The minimum atomic E-state index is -0.443. The maximum absolute atomic E-state index is 12.6. The minimum absolute atomic E-state index is 0.0786. The van der Waals surface area contributed by atoms with Gasteiger partial charge in [0.2, 0.25) is 29.3 Å². The lowest BCUT2D eigenvalue weighted by molar-refractivity contribution is -0.114. The summed E-state index contributed by atoms with van der Waals surface area (Å²) in [5.41, 5.74) is 0.667. The van der Waals surface area contributed by atoms with Crippen molar-refractivity contribution in [1.82, 2.24) is 9.97 Å². The lowest BCUT2D eigenvalue weighted by atomic mass is 10.1. The number of carbonyl (C=O) groups is 2. The molecule has 1 N–H and O–H groups in total. The second kappa shape index (κ2) is 7.40. The molecule has 0 atom stereocenters. The third kappa shape index (κ3) is 3.78. The molecular formula is C16H17N3O5. The maximum atomic E-state index is 12.6. The molecule has 1 amide bonds. The van der Waals surface area contributed by atoms with Crippen LogP contribution in [0.2, 0.25) is 0 Å². The largest absolute Gasteiger partial charge is 0.495 e. The molecule has 126 valence electrons. The van der Waals surface area contributed by atoms with Crippen molar-refractivity contribution in [3.8, 4) is 17.5 Å². The van der Waals surface area contributed by atoms with Gasteiger partial charge in [-0.1, -0.05) is 0 Å². The van der Waals surface area contributed by atoms with Crippen molar-refractivity contribution in [2.24, 2.45) is 0 Å². The molecule has 0 saturated heterocycles. The molecule has 8 nitrogen and oxygen atoms in total. The number of hydrogen-bond acceptors (Lipinski definition) is 7. The highest BCUT2D eigenvalue weighted by Crippen LogP contribution is 2.27. The third-order valence-electron chi connectivity index (χ3n) is 3.07. The molecule has 0 fully saturated rings. The van der Waals surface area contributed by atoms with Crippen LogP contribution in [0.3, 0.4) is 0 Å². The van der Waals surface area contributed by atoms with Crippen LogP contribution in [0.5, 0.6) is 17.5 Å². The SMILES string of the molecule is COc1cc(OC)nc(C(=O)c2ccc(OC)c(NC(C)=O)c2)n1. The number of carbonyl (C=O) groups excluding carboxylic acids is 2. The van der Waals surface area contributed by atoms with Gasteiger partial charge in [0, 0.05) is 12.5 Å². The maximum Gasteiger partial charge on any atom is 0.230 e. The van der Waals surface area contributed by atoms with Crippen LogP contribution in [0.25, 0.3) is 0 Å². The Morgan fingerprint density at radius 2 is 1.58 bits per heavy atom. The van der Waals surface area contributed by atoms with Crippen LogP contribution in [-0.4, -0.2) is 43.0 Å². The second-order valence-electron chi connectivity index (χ2n) is 4.70. The standard InChI is InChI=1S/C16H17N3O5/c1-9(20)17-11-7-10(5-6-12(11)22-2)15(21)16-18-13(23-3)8-14(19-16)24-4/h5-8H,1-4H3,(H,17,20). The monoisotopic (exact) mass is 331 g/mol. The van der Waals surface area contributed by atoms with E-state index >= 15 is 0 Å². The van der Waals surface area contributed by atoms with Gasteiger partial charge in [0.1, 0.15) is 5.75 Å². The lowest BCUT2D eigenvalue weighted by Crippen LogP contribution is -2.11. The average molecular weight is 331 g/mol. The van der Waals surface area contributed by atoms with Crippen LogP contribution in [0.4, 0.5) is 5.69 Å². The Labute approximate surface area is 138 Å². The lowest BCUT2D eigenvalue weighted by Gasteiger charge is -2.11. The summed E-state index contributed by atoms with van der Waals surface area (Å²) in [6, 6.07) is 6.10. The van der Waals surface area contributed by atoms with Crippen molar-refractivity contribution in [1.29, 1.82) is 0 Å². The van der Waals surface area contributed by atoms with Crippen molar-refractivity contribution in [2.45, 2.75) is 6.92 Å². The zero-order chi connectivity index (χ0) is 17.7. The molecule has 2 aromatic rings. The Morgan fingerprint density at radius 3 is 2.08 bits per heavy atom. The van der Waals surface area contributed by atoms with E-state index in [0.717, 1.165) is 0 Å². The Balaban J connectivity index is 2.44. The Bertz CT molecular complexity index is 754. The van der Waals surface area contributed by atoms with Crippen LogP contribution in [-0.2, 0) is 4.79 Å². The van der Waals surface area contributed by atoms with Crippen LogP contribution < -0.4 is 19.5 Å². The molecule has 0 unspecified atom stereocenters. The number of hydrogen-bond donors (Lipinski definition) is 1. The molecule has 0 aliphatic rings. The summed E-state index contributed by atoms with van der Waals surface area (Å²) in [5, 5.41) is 2.61. The minimum Gasteiger partial charge on any atom is -0.495 e. The molecule has 1 aromatic carbocycles. The molecule has 0 aliphatic carbocycles. The molecular weight excluding hydrogens is 314 g/mol. The van der Waals surface area contributed by atoms with Gasteiger partial charge >= 0.3 is 0 Å². The number of aromatic nitrogens is 2. The molecule has 24 heavy (non-hydrogen) atoms. The number of amides is 1. The van der Waals surface area contributed by atoms with Gasteiger partial charge in [0.25, 0.3) is 0 Å². The molecule has 2 rings (SSSR count). The van der Waals surface area contributed by atoms with E-state index in [-0.39, 0.29) is 29.1 Å². The number of ketones is 1. The first-order valence-electron chi connectivity index (χ1n) is 6.96. The second-order valence-corrected chi connectivity index (χ2v) is 4.70. The summed E-state index contributed by atoms with van der Waals surface area (Å²) < 4.78 is 15.2. The van der Waals surface area contributed by atoms with E-state index in [1.807, 2.05) is 0 Å². The van der Waals surface area contributed by atoms with Crippen molar-refractivity contribution in [3.63, 3.8) is 0 Å². The van der Waals surface area contributed by atoms with Crippen LogP contribution >= 0.6 is 0 Å². The smallest absolute Gasteiger partial charge is 0.230 e. The fourth-order valence-electron chi connectivity index (χ4n) is 1.98. The van der Waals surface area contributed by atoms with Gasteiger partial charge in [-0.05, 0) is 18.2 Å². The molecule has 0 bridgehead atoms. The predicted molar refractivity (Wildman–Crippen MR) is 85.9 cm³/mol. The topological polar surface area (TPSA) is 99.6 Å². The van der Waals surface area contributed by atoms with E-state index in [2.05, 4.69) is 15.3 Å². The molecule has 0 spiro atoms. The average Bonchev–Trinajstić information content (AvgIpc) is 2.59. The van der Waals surface area contributed by atoms with E-state index in [4.69, 9.17) is 14.2 Å². The van der Waals surface area contributed by atoms with E-state index in [1.165, 1.54) is 40.4 Å². The summed E-state index contributed by atoms with van der Waals surface area (Å²) in [6.07, 6.45) is 0. The molecule has 0 radical (unpaired) electrons. The summed E-state index contributed by atoms with van der Waals surface area (Å²) in [5.74, 6) is 0.0521. The number of nitrogens with zero attached hydrogens (tertiary/aromatic N) is 2. The first-order valence-corrected chi connectivity index (χ1v) is 6.96. The van der Waals surface area contributed by atoms with E-state index < -0.39 is 5.78 Å². The van der Waals surface area contributed by atoms with E-state index in [1.54, 1.807) is 12.1 Å². The zero-order valence-electron chi connectivity index (χ0n) is 13.7. The Hall–Kier alpha value is -3.16. The Kier molecular flexibility index (Phi) is 5.31. The number of rotatable bonds is 6. The Morgan fingerprint density at radius 1 is 0.958 bits per heavy atom. The molecule has 0 saturated carbocycles. The molecule has 8 heteroatoms. The summed E-state index contributed by atoms with van der Waals surface area (Å²) in [6.45, 7) is 1.37. The van der Waals surface area contributed by atoms with Gasteiger partial charge in [-0.2, -0.15) is 9.97 Å². The summed E-state index contributed by atoms with van der Waals surface area (Å²) in [4.78, 5) is 32.0. The van der Waals surface area contributed by atoms with Gasteiger partial charge in [0.15, 0.2) is 0 Å². The fourth-order valence-corrected chi connectivity index (χ4v) is 1.98. The van der Waals surface area contributed by atoms with Gasteiger partial charge in [-0.15, -0.1) is 0 Å². The fraction of sp³-hybridized carbons (Fsp3) is 0.250. The zero-order valence-corrected chi connectivity index (χ0v) is 13.7. The van der Waals surface area contributed by atoms with Crippen LogP contribution in [0.15, 0.2) is 24.3 Å². The van der Waals surface area contributed by atoms with Crippen molar-refractivity contribution < 1.29 is 23.8 Å². The third-order valence-corrected chi connectivity index (χ3v) is 3.07. The van der Waals surface area contributed by atoms with Crippen molar-refractivity contribution in [3.05, 3.63) is 35.7 Å². The van der Waals surface area contributed by atoms with E-state index in [9.17, 15) is 9.59 Å². The first kappa shape index (κ1) is 17.2. The number of nitrogens with one attached hydrogen (secondary N) is 1. The number of anilines is 1. The molecule has 1 aromatic heterocycles. The van der Waals surface area contributed by atoms with Gasteiger partial charge < -0.3 is 19.5 Å². The van der Waals surface area contributed by atoms with Gasteiger partial charge in [0.05, 0.1) is 33.1 Å². The summed E-state index contributed by atoms with van der Waals surface area (Å²) in [7, 11) is 4.33. The highest BCUT2D eigenvalue weighted by atomic mass is 16.5. The van der Waals surface area contributed by atoms with Crippen LogP contribution in [0.1, 0.15) is 23.1 Å². The van der Waals surface area contributed by atoms with E-state index in [0.29, 0.717) is 11.4 Å². The number of benzene rings is 1. The quantitative estimate of drug-likeness (QED) is 0.804. The normalized spacial score (nSPS) is 10.0. The van der Waals surface area contributed by atoms with Crippen molar-refractivity contribution in [2.75, 3.05) is 26.6 Å².